The number of amidine groups is 1. The maximum absolute atomic E-state index is 12.0. The van der Waals surface area contributed by atoms with E-state index >= 15 is 0 Å². The third-order valence-electron chi connectivity index (χ3n) is 3.70. The van der Waals surface area contributed by atoms with Gasteiger partial charge in [0.2, 0.25) is 5.91 Å². The lowest BCUT2D eigenvalue weighted by atomic mass is 9.95. The first-order chi connectivity index (χ1) is 10.4. The highest BCUT2D eigenvalue weighted by Crippen LogP contribution is 2.35. The molecule has 0 spiro atoms. The Hall–Kier alpha value is -1.75. The predicted octanol–water partition coefficient (Wildman–Crippen LogP) is 3.78. The quantitative estimate of drug-likeness (QED) is 0.903. The zero-order valence-corrected chi connectivity index (χ0v) is 14.0. The van der Waals surface area contributed by atoms with Crippen molar-refractivity contribution in [2.24, 2.45) is 10.4 Å². The number of benzene rings is 1. The molecule has 22 heavy (non-hydrogen) atoms. The van der Waals surface area contributed by atoms with Crippen molar-refractivity contribution in [3.63, 3.8) is 0 Å². The Kier molecular flexibility index (Phi) is 4.00. The molecule has 2 aliphatic heterocycles. The van der Waals surface area contributed by atoms with Crippen LogP contribution in [-0.2, 0) is 4.79 Å². The van der Waals surface area contributed by atoms with E-state index in [-0.39, 0.29) is 11.3 Å². The number of hydrogen-bond acceptors (Lipinski definition) is 4. The van der Waals surface area contributed by atoms with E-state index < -0.39 is 0 Å². The fourth-order valence-electron chi connectivity index (χ4n) is 2.35. The molecule has 2 aliphatic rings. The normalized spacial score (nSPS) is 17.7. The molecule has 1 amide bonds. The minimum absolute atomic E-state index is 0.0290. The van der Waals surface area contributed by atoms with Gasteiger partial charge in [-0.05, 0) is 24.1 Å². The highest BCUT2D eigenvalue weighted by Gasteiger charge is 2.26. The Bertz CT molecular complexity index is 641. The average Bonchev–Trinajstić information content (AvgIpc) is 2.91. The van der Waals surface area contributed by atoms with Crippen LogP contribution in [0.2, 0.25) is 0 Å². The van der Waals surface area contributed by atoms with Crippen molar-refractivity contribution >= 4 is 34.2 Å². The largest absolute Gasteiger partial charge is 0.326 e. The van der Waals surface area contributed by atoms with Crippen LogP contribution in [0.25, 0.3) is 5.70 Å². The predicted molar refractivity (Wildman–Crippen MR) is 93.7 cm³/mol. The van der Waals surface area contributed by atoms with Crippen LogP contribution in [0.3, 0.4) is 0 Å². The second kappa shape index (κ2) is 5.80. The zero-order chi connectivity index (χ0) is 15.7. The number of fused-ring (bicyclic) bond motifs is 1. The number of carbonyl (C=O) groups excluding carboxylic acids is 1. The lowest BCUT2D eigenvalue weighted by Crippen LogP contribution is -2.29. The average molecular weight is 315 g/mol. The minimum atomic E-state index is -0.386. The summed E-state index contributed by atoms with van der Waals surface area (Å²) >= 11 is 1.69. The third kappa shape index (κ3) is 3.04. The molecule has 0 unspecified atom stereocenters. The van der Waals surface area contributed by atoms with Crippen molar-refractivity contribution in [1.82, 2.24) is 4.90 Å². The van der Waals surface area contributed by atoms with Gasteiger partial charge in [0.05, 0.1) is 5.70 Å². The summed E-state index contributed by atoms with van der Waals surface area (Å²) in [5, 5.41) is 6.22. The van der Waals surface area contributed by atoms with Gasteiger partial charge in [-0.1, -0.05) is 44.7 Å². The van der Waals surface area contributed by atoms with E-state index in [1.54, 1.807) is 11.8 Å². The summed E-state index contributed by atoms with van der Waals surface area (Å²) in [5.41, 5.74) is 2.82. The van der Waals surface area contributed by atoms with Crippen LogP contribution in [0, 0.1) is 5.41 Å². The number of nitrogens with one attached hydrogen (secondary N) is 1. The Morgan fingerprint density at radius 1 is 1.27 bits per heavy atom. The van der Waals surface area contributed by atoms with Crippen LogP contribution in [0.15, 0.2) is 34.7 Å². The molecule has 0 radical (unpaired) electrons. The molecule has 3 rings (SSSR count). The van der Waals surface area contributed by atoms with E-state index in [4.69, 9.17) is 0 Å². The van der Waals surface area contributed by atoms with E-state index in [0.29, 0.717) is 0 Å². The molecule has 0 aliphatic carbocycles. The van der Waals surface area contributed by atoms with Gasteiger partial charge >= 0.3 is 0 Å². The monoisotopic (exact) mass is 315 g/mol. The molecule has 1 aromatic rings. The standard InChI is InChI=1S/C17H21N3OS/c1-17(2,3)15(21)19-13-7-5-12(6-8-13)14-11-22-16-18-9-4-10-20(14)16/h5-8,11H,4,9-10H2,1-3H3,(H,19,21). The number of thioether (sulfide) groups is 1. The molecule has 0 atom stereocenters. The molecule has 0 saturated carbocycles. The fourth-order valence-corrected chi connectivity index (χ4v) is 3.31. The number of nitrogens with zero attached hydrogens (tertiary/aromatic N) is 2. The Morgan fingerprint density at radius 3 is 2.68 bits per heavy atom. The summed E-state index contributed by atoms with van der Waals surface area (Å²) in [6, 6.07) is 8.04. The van der Waals surface area contributed by atoms with Gasteiger partial charge in [-0.15, -0.1) is 0 Å². The first kappa shape index (κ1) is 15.2. The van der Waals surface area contributed by atoms with Gasteiger partial charge in [0.25, 0.3) is 0 Å². The summed E-state index contributed by atoms with van der Waals surface area (Å²) in [4.78, 5) is 18.8. The topological polar surface area (TPSA) is 44.7 Å². The summed E-state index contributed by atoms with van der Waals surface area (Å²) in [6.07, 6.45) is 1.10. The van der Waals surface area contributed by atoms with Gasteiger partial charge in [-0.25, -0.2) is 0 Å². The Morgan fingerprint density at radius 2 is 2.00 bits per heavy atom. The molecule has 0 bridgehead atoms. The SMILES string of the molecule is CC(C)(C)C(=O)Nc1ccc(C2=CSC3=NCCCN23)cc1. The van der Waals surface area contributed by atoms with Crippen LogP contribution in [-0.4, -0.2) is 29.1 Å². The molecule has 1 N–H and O–H groups in total. The van der Waals surface area contributed by atoms with Crippen molar-refractivity contribution in [2.75, 3.05) is 18.4 Å². The fraction of sp³-hybridized carbons (Fsp3) is 0.412. The summed E-state index contributed by atoms with van der Waals surface area (Å²) < 4.78 is 0. The number of carbonyl (C=O) groups is 1. The molecule has 0 aromatic heterocycles. The van der Waals surface area contributed by atoms with Crippen molar-refractivity contribution in [2.45, 2.75) is 27.2 Å². The molecule has 2 heterocycles. The van der Waals surface area contributed by atoms with Gasteiger partial charge in [-0.3, -0.25) is 9.79 Å². The van der Waals surface area contributed by atoms with Crippen molar-refractivity contribution in [3.05, 3.63) is 35.2 Å². The van der Waals surface area contributed by atoms with Crippen LogP contribution in [0.1, 0.15) is 32.8 Å². The van der Waals surface area contributed by atoms with Crippen molar-refractivity contribution in [3.8, 4) is 0 Å². The van der Waals surface area contributed by atoms with E-state index in [0.717, 1.165) is 35.9 Å². The summed E-state index contributed by atoms with van der Waals surface area (Å²) in [6.45, 7) is 7.69. The number of aliphatic imine (C=N–C) groups is 1. The first-order valence-corrected chi connectivity index (χ1v) is 8.44. The molecular weight excluding hydrogens is 294 g/mol. The number of amides is 1. The minimum Gasteiger partial charge on any atom is -0.326 e. The smallest absolute Gasteiger partial charge is 0.229 e. The second-order valence-electron chi connectivity index (χ2n) is 6.57. The van der Waals surface area contributed by atoms with E-state index in [1.807, 2.05) is 32.9 Å². The second-order valence-corrected chi connectivity index (χ2v) is 7.41. The van der Waals surface area contributed by atoms with Gasteiger partial charge in [0.1, 0.15) is 0 Å². The lowest BCUT2D eigenvalue weighted by molar-refractivity contribution is -0.123. The highest BCUT2D eigenvalue weighted by atomic mass is 32.2. The van der Waals surface area contributed by atoms with Crippen molar-refractivity contribution in [1.29, 1.82) is 0 Å². The van der Waals surface area contributed by atoms with E-state index in [9.17, 15) is 4.79 Å². The van der Waals surface area contributed by atoms with Gasteiger partial charge < -0.3 is 10.2 Å². The van der Waals surface area contributed by atoms with Crippen LogP contribution >= 0.6 is 11.8 Å². The molecular formula is C17H21N3OS. The molecule has 0 fully saturated rings. The molecule has 0 saturated heterocycles. The van der Waals surface area contributed by atoms with Crippen LogP contribution in [0.5, 0.6) is 0 Å². The van der Waals surface area contributed by atoms with E-state index in [2.05, 4.69) is 32.7 Å². The Labute approximate surface area is 135 Å². The molecule has 4 nitrogen and oxygen atoms in total. The van der Waals surface area contributed by atoms with Gasteiger partial charge in [0, 0.05) is 29.6 Å². The van der Waals surface area contributed by atoms with E-state index in [1.165, 1.54) is 5.70 Å². The van der Waals surface area contributed by atoms with Crippen molar-refractivity contribution < 1.29 is 4.79 Å². The highest BCUT2D eigenvalue weighted by molar-refractivity contribution is 8.16. The first-order valence-electron chi connectivity index (χ1n) is 7.56. The Balaban J connectivity index is 1.74. The maximum atomic E-state index is 12.0. The van der Waals surface area contributed by atoms with Gasteiger partial charge in [-0.2, -0.15) is 0 Å². The van der Waals surface area contributed by atoms with Gasteiger partial charge in [0.15, 0.2) is 5.17 Å². The molecule has 116 valence electrons. The number of hydrogen-bond donors (Lipinski definition) is 1. The summed E-state index contributed by atoms with van der Waals surface area (Å²) in [7, 11) is 0. The summed E-state index contributed by atoms with van der Waals surface area (Å²) in [5.74, 6) is 0.0290. The number of rotatable bonds is 2. The van der Waals surface area contributed by atoms with Crippen LogP contribution < -0.4 is 5.32 Å². The maximum Gasteiger partial charge on any atom is 0.229 e. The molecule has 1 aromatic carbocycles. The van der Waals surface area contributed by atoms with Crippen LogP contribution in [0.4, 0.5) is 5.69 Å². The molecule has 5 heteroatoms. The third-order valence-corrected chi connectivity index (χ3v) is 4.61. The zero-order valence-electron chi connectivity index (χ0n) is 13.2. The lowest BCUT2D eigenvalue weighted by Gasteiger charge is -2.25. The number of anilines is 1.